The van der Waals surface area contributed by atoms with Crippen molar-refractivity contribution < 1.29 is 18.0 Å². The fourth-order valence-electron chi connectivity index (χ4n) is 2.17. The predicted molar refractivity (Wildman–Crippen MR) is 65.5 cm³/mol. The Balaban J connectivity index is 2.46. The van der Waals surface area contributed by atoms with Crippen LogP contribution >= 0.6 is 15.9 Å². The third-order valence-electron chi connectivity index (χ3n) is 3.03. The monoisotopic (exact) mass is 321 g/mol. The molecule has 0 saturated carbocycles. The van der Waals surface area contributed by atoms with Gasteiger partial charge < -0.3 is 4.90 Å². The Morgan fingerprint density at radius 1 is 1.44 bits per heavy atom. The van der Waals surface area contributed by atoms with E-state index in [1.54, 1.807) is 25.1 Å². The standard InChI is InChI=1S/C12H11BrF3NO/c1-7-2-3-8-6-9(13)4-5-10(8)17(7)11(18)12(14,15)16/h4-7H,2-3H2,1H3. The van der Waals surface area contributed by atoms with E-state index < -0.39 is 18.1 Å². The summed E-state index contributed by atoms with van der Waals surface area (Å²) in [5.41, 5.74) is 1.12. The number of rotatable bonds is 0. The molecule has 1 heterocycles. The summed E-state index contributed by atoms with van der Waals surface area (Å²) in [6, 6.07) is 4.53. The van der Waals surface area contributed by atoms with Crippen LogP contribution in [0.3, 0.4) is 0 Å². The van der Waals surface area contributed by atoms with Crippen LogP contribution in [0, 0.1) is 0 Å². The number of nitrogens with zero attached hydrogens (tertiary/aromatic N) is 1. The SMILES string of the molecule is CC1CCc2cc(Br)ccc2N1C(=O)C(F)(F)F. The van der Waals surface area contributed by atoms with Gasteiger partial charge in [-0.25, -0.2) is 0 Å². The summed E-state index contributed by atoms with van der Waals surface area (Å²) in [4.78, 5) is 12.3. The van der Waals surface area contributed by atoms with E-state index in [2.05, 4.69) is 15.9 Å². The minimum atomic E-state index is -4.84. The molecule has 1 aromatic rings. The average molecular weight is 322 g/mol. The molecule has 1 aromatic carbocycles. The van der Waals surface area contributed by atoms with E-state index >= 15 is 0 Å². The Bertz CT molecular complexity index is 487. The quantitative estimate of drug-likeness (QED) is 0.713. The number of hydrogen-bond donors (Lipinski definition) is 0. The summed E-state index contributed by atoms with van der Waals surface area (Å²) in [5.74, 6) is -1.79. The van der Waals surface area contributed by atoms with Crippen LogP contribution in [0.1, 0.15) is 18.9 Å². The topological polar surface area (TPSA) is 20.3 Å². The van der Waals surface area contributed by atoms with Gasteiger partial charge in [-0.2, -0.15) is 13.2 Å². The molecule has 0 aromatic heterocycles. The van der Waals surface area contributed by atoms with Crippen LogP contribution in [0.2, 0.25) is 0 Å². The molecule has 0 bridgehead atoms. The van der Waals surface area contributed by atoms with Gasteiger partial charge in [-0.1, -0.05) is 15.9 Å². The molecule has 98 valence electrons. The fraction of sp³-hybridized carbons (Fsp3) is 0.417. The summed E-state index contributed by atoms with van der Waals surface area (Å²) < 4.78 is 38.5. The lowest BCUT2D eigenvalue weighted by Crippen LogP contribution is -2.48. The molecule has 2 nitrogen and oxygen atoms in total. The normalized spacial score (nSPS) is 19.6. The van der Waals surface area contributed by atoms with E-state index in [0.29, 0.717) is 18.5 Å². The minimum absolute atomic E-state index is 0.360. The summed E-state index contributed by atoms with van der Waals surface area (Å²) in [6.07, 6.45) is -3.63. The number of alkyl halides is 3. The van der Waals surface area contributed by atoms with Gasteiger partial charge in [-0.15, -0.1) is 0 Å². The Hall–Kier alpha value is -1.04. The number of carbonyl (C=O) groups excluding carboxylic acids is 1. The first-order chi connectivity index (χ1) is 8.30. The maximum Gasteiger partial charge on any atom is 0.471 e. The molecule has 1 amide bonds. The molecule has 2 rings (SSSR count). The molecule has 1 aliphatic rings. The van der Waals surface area contributed by atoms with E-state index in [-0.39, 0.29) is 0 Å². The molecule has 0 fully saturated rings. The van der Waals surface area contributed by atoms with E-state index in [0.717, 1.165) is 14.9 Å². The molecule has 1 atom stereocenters. The Morgan fingerprint density at radius 3 is 2.72 bits per heavy atom. The maximum atomic E-state index is 12.6. The van der Waals surface area contributed by atoms with Crippen molar-refractivity contribution in [3.8, 4) is 0 Å². The second kappa shape index (κ2) is 4.57. The van der Waals surface area contributed by atoms with Crippen LogP contribution in [0.25, 0.3) is 0 Å². The van der Waals surface area contributed by atoms with Crippen LogP contribution < -0.4 is 4.90 Å². The van der Waals surface area contributed by atoms with E-state index in [4.69, 9.17) is 0 Å². The molecule has 1 aliphatic heterocycles. The third kappa shape index (κ3) is 2.39. The highest BCUT2D eigenvalue weighted by Gasteiger charge is 2.45. The van der Waals surface area contributed by atoms with Gasteiger partial charge in [0.15, 0.2) is 0 Å². The van der Waals surface area contributed by atoms with Crippen LogP contribution in [-0.2, 0) is 11.2 Å². The molecule has 18 heavy (non-hydrogen) atoms. The molecule has 0 radical (unpaired) electrons. The minimum Gasteiger partial charge on any atom is -0.302 e. The van der Waals surface area contributed by atoms with Crippen molar-refractivity contribution in [2.75, 3.05) is 4.90 Å². The van der Waals surface area contributed by atoms with E-state index in [1.165, 1.54) is 0 Å². The first-order valence-electron chi connectivity index (χ1n) is 5.49. The first-order valence-corrected chi connectivity index (χ1v) is 6.29. The molecule has 0 spiro atoms. The van der Waals surface area contributed by atoms with Crippen molar-refractivity contribution in [3.63, 3.8) is 0 Å². The highest BCUT2D eigenvalue weighted by atomic mass is 79.9. The number of hydrogen-bond acceptors (Lipinski definition) is 1. The highest BCUT2D eigenvalue weighted by molar-refractivity contribution is 9.10. The molecule has 1 unspecified atom stereocenters. The first kappa shape index (κ1) is 13.4. The van der Waals surface area contributed by atoms with Crippen molar-refractivity contribution in [3.05, 3.63) is 28.2 Å². The molecule has 0 aliphatic carbocycles. The van der Waals surface area contributed by atoms with Crippen LogP contribution in [0.15, 0.2) is 22.7 Å². The highest BCUT2D eigenvalue weighted by Crippen LogP contribution is 2.35. The van der Waals surface area contributed by atoms with Gasteiger partial charge in [0.25, 0.3) is 0 Å². The lowest BCUT2D eigenvalue weighted by Gasteiger charge is -2.35. The van der Waals surface area contributed by atoms with Crippen molar-refractivity contribution >= 4 is 27.5 Å². The van der Waals surface area contributed by atoms with E-state index in [9.17, 15) is 18.0 Å². The van der Waals surface area contributed by atoms with Gasteiger partial charge in [-0.05, 0) is 43.5 Å². The third-order valence-corrected chi connectivity index (χ3v) is 3.53. The molecule has 0 saturated heterocycles. The fourth-order valence-corrected chi connectivity index (χ4v) is 2.57. The number of aryl methyl sites for hydroxylation is 1. The smallest absolute Gasteiger partial charge is 0.302 e. The summed E-state index contributed by atoms with van der Waals surface area (Å²) >= 11 is 3.28. The van der Waals surface area contributed by atoms with Crippen LogP contribution in [0.5, 0.6) is 0 Å². The van der Waals surface area contributed by atoms with Gasteiger partial charge in [0.2, 0.25) is 0 Å². The zero-order valence-corrected chi connectivity index (χ0v) is 11.2. The lowest BCUT2D eigenvalue weighted by molar-refractivity contribution is -0.171. The number of amides is 1. The lowest BCUT2D eigenvalue weighted by atomic mass is 9.96. The van der Waals surface area contributed by atoms with Crippen molar-refractivity contribution in [1.29, 1.82) is 0 Å². The summed E-state index contributed by atoms with van der Waals surface area (Å²) in [6.45, 7) is 1.63. The number of halogens is 4. The summed E-state index contributed by atoms with van der Waals surface area (Å²) in [5, 5.41) is 0. The van der Waals surface area contributed by atoms with Crippen molar-refractivity contribution in [1.82, 2.24) is 0 Å². The van der Waals surface area contributed by atoms with Crippen LogP contribution in [0.4, 0.5) is 18.9 Å². The van der Waals surface area contributed by atoms with Crippen molar-refractivity contribution in [2.24, 2.45) is 0 Å². The molecule has 6 heteroatoms. The van der Waals surface area contributed by atoms with Crippen LogP contribution in [-0.4, -0.2) is 18.1 Å². The van der Waals surface area contributed by atoms with Gasteiger partial charge >= 0.3 is 12.1 Å². The Kier molecular flexibility index (Phi) is 3.40. The number of anilines is 1. The second-order valence-corrected chi connectivity index (χ2v) is 5.25. The van der Waals surface area contributed by atoms with Gasteiger partial charge in [0.05, 0.1) is 0 Å². The zero-order chi connectivity index (χ0) is 13.5. The predicted octanol–water partition coefficient (Wildman–Crippen LogP) is 3.68. The van der Waals surface area contributed by atoms with Gasteiger partial charge in [-0.3, -0.25) is 4.79 Å². The Labute approximate surface area is 111 Å². The number of carbonyl (C=O) groups is 1. The Morgan fingerprint density at radius 2 is 2.11 bits per heavy atom. The van der Waals surface area contributed by atoms with E-state index in [1.807, 2.05) is 0 Å². The van der Waals surface area contributed by atoms with Gasteiger partial charge in [0, 0.05) is 16.2 Å². The van der Waals surface area contributed by atoms with Gasteiger partial charge in [0.1, 0.15) is 0 Å². The molecular formula is C12H11BrF3NO. The average Bonchev–Trinajstić information content (AvgIpc) is 2.27. The van der Waals surface area contributed by atoms with Crippen molar-refractivity contribution in [2.45, 2.75) is 32.0 Å². The maximum absolute atomic E-state index is 12.6. The zero-order valence-electron chi connectivity index (χ0n) is 9.59. The molecular weight excluding hydrogens is 311 g/mol. The largest absolute Gasteiger partial charge is 0.471 e. The summed E-state index contributed by atoms with van der Waals surface area (Å²) in [7, 11) is 0. The second-order valence-electron chi connectivity index (χ2n) is 4.33. The number of benzene rings is 1. The molecule has 0 N–H and O–H groups in total. The number of fused-ring (bicyclic) bond motifs is 1.